The van der Waals surface area contributed by atoms with Crippen molar-refractivity contribution in [3.8, 4) is 0 Å². The second-order valence-electron chi connectivity index (χ2n) is 6.14. The zero-order valence-electron chi connectivity index (χ0n) is 12.4. The number of rotatable bonds is 3. The second-order valence-corrected chi connectivity index (χ2v) is 6.14. The van der Waals surface area contributed by atoms with Crippen LogP contribution in [0.4, 0.5) is 0 Å². The Kier molecular flexibility index (Phi) is 4.24. The third kappa shape index (κ3) is 3.14. The van der Waals surface area contributed by atoms with Gasteiger partial charge in [-0.15, -0.1) is 0 Å². The number of guanidine groups is 1. The molecule has 1 saturated carbocycles. The Morgan fingerprint density at radius 2 is 1.90 bits per heavy atom. The molecule has 1 N–H and O–H groups in total. The summed E-state index contributed by atoms with van der Waals surface area (Å²) in [6.45, 7) is 3.09. The van der Waals surface area contributed by atoms with E-state index in [0.717, 1.165) is 37.4 Å². The van der Waals surface area contributed by atoms with Crippen LogP contribution < -0.4 is 5.32 Å². The Morgan fingerprint density at radius 3 is 2.55 bits per heavy atom. The van der Waals surface area contributed by atoms with Crippen molar-refractivity contribution in [2.75, 3.05) is 26.7 Å². The van der Waals surface area contributed by atoms with Gasteiger partial charge in [0, 0.05) is 20.1 Å². The van der Waals surface area contributed by atoms with E-state index in [4.69, 9.17) is 0 Å². The maximum atomic E-state index is 4.50. The summed E-state index contributed by atoms with van der Waals surface area (Å²) in [6.07, 6.45) is 5.34. The zero-order valence-corrected chi connectivity index (χ0v) is 12.4. The van der Waals surface area contributed by atoms with E-state index in [9.17, 15) is 0 Å². The molecule has 20 heavy (non-hydrogen) atoms. The molecule has 0 amide bonds. The Labute approximate surface area is 122 Å². The Morgan fingerprint density at radius 1 is 1.15 bits per heavy atom. The van der Waals surface area contributed by atoms with Crippen LogP contribution in [-0.4, -0.2) is 37.5 Å². The molecule has 1 aromatic carbocycles. The van der Waals surface area contributed by atoms with Gasteiger partial charge >= 0.3 is 0 Å². The topological polar surface area (TPSA) is 27.6 Å². The number of nitrogens with zero attached hydrogens (tertiary/aromatic N) is 2. The lowest BCUT2D eigenvalue weighted by atomic mass is 9.79. The third-order valence-electron chi connectivity index (χ3n) is 4.73. The Bertz CT molecular complexity index is 447. The highest BCUT2D eigenvalue weighted by Gasteiger charge is 2.23. The summed E-state index contributed by atoms with van der Waals surface area (Å²) in [5.74, 6) is 2.68. The average molecular weight is 271 g/mol. The van der Waals surface area contributed by atoms with Crippen molar-refractivity contribution in [1.82, 2.24) is 10.2 Å². The van der Waals surface area contributed by atoms with Gasteiger partial charge in [0.15, 0.2) is 5.96 Å². The number of nitrogens with one attached hydrogen (secondary N) is 1. The van der Waals surface area contributed by atoms with Gasteiger partial charge in [-0.2, -0.15) is 0 Å². The minimum atomic E-state index is 0.777. The second kappa shape index (κ2) is 6.29. The smallest absolute Gasteiger partial charge is 0.193 e. The molecule has 0 bridgehead atoms. The average Bonchev–Trinajstić information content (AvgIpc) is 2.92. The molecule has 1 heterocycles. The molecule has 0 atom stereocenters. The highest BCUT2D eigenvalue weighted by Crippen LogP contribution is 2.35. The zero-order chi connectivity index (χ0) is 13.8. The highest BCUT2D eigenvalue weighted by atomic mass is 15.3. The van der Waals surface area contributed by atoms with E-state index in [0.29, 0.717) is 0 Å². The molecule has 1 aromatic rings. The standard InChI is InChI=1S/C17H25N3/c1-20-12-11-18-17(20)19-13-14-7-9-16(10-8-14)15-5-3-2-4-6-15/h2-6,14,16H,7-13H2,1H3,(H,18,19). The fourth-order valence-corrected chi connectivity index (χ4v) is 3.38. The van der Waals surface area contributed by atoms with E-state index >= 15 is 0 Å². The van der Waals surface area contributed by atoms with Crippen LogP contribution in [-0.2, 0) is 0 Å². The van der Waals surface area contributed by atoms with Gasteiger partial charge in [-0.3, -0.25) is 4.99 Å². The normalized spacial score (nSPS) is 26.4. The van der Waals surface area contributed by atoms with E-state index < -0.39 is 0 Å². The molecule has 1 aliphatic heterocycles. The van der Waals surface area contributed by atoms with Crippen molar-refractivity contribution in [2.45, 2.75) is 31.6 Å². The van der Waals surface area contributed by atoms with Gasteiger partial charge in [-0.25, -0.2) is 0 Å². The summed E-state index contributed by atoms with van der Waals surface area (Å²) in [5, 5.41) is 3.53. The minimum Gasteiger partial charge on any atom is -0.356 e. The van der Waals surface area contributed by atoms with Crippen molar-refractivity contribution < 1.29 is 0 Å². The summed E-state index contributed by atoms with van der Waals surface area (Å²) in [6, 6.07) is 11.0. The number of aliphatic imine (C=N–C) groups is 1. The molecule has 0 aromatic heterocycles. The molecule has 3 nitrogen and oxygen atoms in total. The SMILES string of the molecule is CN1CCN=C1NCC1CCC(c2ccccc2)CC1. The quantitative estimate of drug-likeness (QED) is 0.915. The molecule has 3 rings (SSSR count). The first kappa shape index (κ1) is 13.5. The first-order valence-corrected chi connectivity index (χ1v) is 7.87. The molecule has 0 radical (unpaired) electrons. The molecule has 1 aliphatic carbocycles. The fraction of sp³-hybridized carbons (Fsp3) is 0.588. The minimum absolute atomic E-state index is 0.777. The van der Waals surface area contributed by atoms with Crippen LogP contribution in [0.1, 0.15) is 37.2 Å². The van der Waals surface area contributed by atoms with Crippen molar-refractivity contribution in [1.29, 1.82) is 0 Å². The van der Waals surface area contributed by atoms with Crippen molar-refractivity contribution in [3.05, 3.63) is 35.9 Å². The fourth-order valence-electron chi connectivity index (χ4n) is 3.38. The van der Waals surface area contributed by atoms with Gasteiger partial charge in [-0.1, -0.05) is 30.3 Å². The van der Waals surface area contributed by atoms with E-state index in [1.165, 1.54) is 31.2 Å². The lowest BCUT2D eigenvalue weighted by molar-refractivity contribution is 0.322. The maximum Gasteiger partial charge on any atom is 0.193 e. The maximum absolute atomic E-state index is 4.50. The molecular weight excluding hydrogens is 246 g/mol. The first-order chi connectivity index (χ1) is 9.83. The molecular formula is C17H25N3. The van der Waals surface area contributed by atoms with Crippen molar-refractivity contribution in [3.63, 3.8) is 0 Å². The predicted molar refractivity (Wildman–Crippen MR) is 84.1 cm³/mol. The number of hydrogen-bond acceptors (Lipinski definition) is 3. The molecule has 108 valence electrons. The molecule has 1 fully saturated rings. The van der Waals surface area contributed by atoms with Crippen LogP contribution in [0.15, 0.2) is 35.3 Å². The van der Waals surface area contributed by atoms with Gasteiger partial charge in [0.05, 0.1) is 6.54 Å². The van der Waals surface area contributed by atoms with E-state index in [1.54, 1.807) is 0 Å². The van der Waals surface area contributed by atoms with Crippen LogP contribution in [0.5, 0.6) is 0 Å². The lowest BCUT2D eigenvalue weighted by Gasteiger charge is -2.29. The van der Waals surface area contributed by atoms with Crippen LogP contribution >= 0.6 is 0 Å². The van der Waals surface area contributed by atoms with Gasteiger partial charge in [0.2, 0.25) is 0 Å². The van der Waals surface area contributed by atoms with E-state index in [-0.39, 0.29) is 0 Å². The first-order valence-electron chi connectivity index (χ1n) is 7.87. The largest absolute Gasteiger partial charge is 0.356 e. The molecule has 2 aliphatic rings. The molecule has 0 spiro atoms. The summed E-state index contributed by atoms with van der Waals surface area (Å²) in [5.41, 5.74) is 1.53. The van der Waals surface area contributed by atoms with E-state index in [1.807, 2.05) is 0 Å². The lowest BCUT2D eigenvalue weighted by Crippen LogP contribution is -2.38. The molecule has 0 unspecified atom stereocenters. The van der Waals surface area contributed by atoms with Crippen LogP contribution in [0.25, 0.3) is 0 Å². The Balaban J connectivity index is 1.45. The summed E-state index contributed by atoms with van der Waals surface area (Å²) < 4.78 is 0. The number of likely N-dealkylation sites (N-methyl/N-ethyl adjacent to an activating group) is 1. The van der Waals surface area contributed by atoms with Crippen molar-refractivity contribution in [2.24, 2.45) is 10.9 Å². The summed E-state index contributed by atoms with van der Waals surface area (Å²) in [7, 11) is 2.12. The Hall–Kier alpha value is -1.51. The number of benzene rings is 1. The monoisotopic (exact) mass is 271 g/mol. The van der Waals surface area contributed by atoms with Crippen LogP contribution in [0, 0.1) is 5.92 Å². The van der Waals surface area contributed by atoms with Crippen molar-refractivity contribution >= 4 is 5.96 Å². The van der Waals surface area contributed by atoms with Gasteiger partial charge in [-0.05, 0) is 43.1 Å². The molecule has 0 saturated heterocycles. The molecule has 3 heteroatoms. The number of hydrogen-bond donors (Lipinski definition) is 1. The van der Waals surface area contributed by atoms with Crippen LogP contribution in [0.2, 0.25) is 0 Å². The summed E-state index contributed by atoms with van der Waals surface area (Å²) in [4.78, 5) is 6.71. The van der Waals surface area contributed by atoms with Gasteiger partial charge < -0.3 is 10.2 Å². The van der Waals surface area contributed by atoms with Crippen LogP contribution in [0.3, 0.4) is 0 Å². The van der Waals surface area contributed by atoms with E-state index in [2.05, 4.69) is 52.6 Å². The van der Waals surface area contributed by atoms with Gasteiger partial charge in [0.25, 0.3) is 0 Å². The predicted octanol–water partition coefficient (Wildman–Crippen LogP) is 2.85. The third-order valence-corrected chi connectivity index (χ3v) is 4.73. The van der Waals surface area contributed by atoms with Gasteiger partial charge in [0.1, 0.15) is 0 Å². The highest BCUT2D eigenvalue weighted by molar-refractivity contribution is 5.81. The summed E-state index contributed by atoms with van der Waals surface area (Å²) >= 11 is 0.